The first kappa shape index (κ1) is 18.5. The summed E-state index contributed by atoms with van der Waals surface area (Å²) in [5.74, 6) is 0. The van der Waals surface area contributed by atoms with E-state index < -0.39 is 5.60 Å². The highest BCUT2D eigenvalue weighted by molar-refractivity contribution is 7.99. The van der Waals surface area contributed by atoms with E-state index in [1.54, 1.807) is 29.1 Å². The summed E-state index contributed by atoms with van der Waals surface area (Å²) in [4.78, 5) is 26.0. The number of anilines is 1. The molecule has 1 fully saturated rings. The maximum atomic E-state index is 12.2. The highest BCUT2D eigenvalue weighted by atomic mass is 32.2. The standard InChI is InChI=1S/C19H24N4O2S/c1-19(2,3)25-18(24)23-13-11-22(12-14-23)15-7-4-5-8-16(15)26-17-20-9-6-10-21-17/h4-10H,11-14H2,1-3H3. The van der Waals surface area contributed by atoms with Crippen molar-refractivity contribution in [3.8, 4) is 0 Å². The van der Waals surface area contributed by atoms with Crippen molar-refractivity contribution < 1.29 is 9.53 Å². The average Bonchev–Trinajstić information content (AvgIpc) is 2.62. The summed E-state index contributed by atoms with van der Waals surface area (Å²) in [5.41, 5.74) is 0.682. The third-order valence-corrected chi connectivity index (χ3v) is 4.84. The molecule has 2 heterocycles. The van der Waals surface area contributed by atoms with Crippen LogP contribution in [0.3, 0.4) is 0 Å². The van der Waals surface area contributed by atoms with Crippen molar-refractivity contribution in [2.75, 3.05) is 31.1 Å². The van der Waals surface area contributed by atoms with E-state index in [1.807, 2.05) is 39.0 Å². The zero-order valence-electron chi connectivity index (χ0n) is 15.4. The Morgan fingerprint density at radius 1 is 1.04 bits per heavy atom. The molecule has 1 aliphatic heterocycles. The molecule has 26 heavy (non-hydrogen) atoms. The van der Waals surface area contributed by atoms with Crippen molar-refractivity contribution in [2.24, 2.45) is 0 Å². The number of ether oxygens (including phenoxy) is 1. The van der Waals surface area contributed by atoms with Gasteiger partial charge < -0.3 is 14.5 Å². The minimum atomic E-state index is -0.465. The van der Waals surface area contributed by atoms with Crippen molar-refractivity contribution >= 4 is 23.5 Å². The van der Waals surface area contributed by atoms with Crippen LogP contribution < -0.4 is 4.90 Å². The Morgan fingerprint density at radius 3 is 2.35 bits per heavy atom. The number of rotatable bonds is 3. The number of hydrogen-bond donors (Lipinski definition) is 0. The zero-order chi connectivity index (χ0) is 18.6. The quantitative estimate of drug-likeness (QED) is 0.766. The second kappa shape index (κ2) is 7.95. The van der Waals surface area contributed by atoms with Crippen LogP contribution in [0.4, 0.5) is 10.5 Å². The van der Waals surface area contributed by atoms with Crippen LogP contribution in [-0.2, 0) is 4.74 Å². The lowest BCUT2D eigenvalue weighted by atomic mass is 10.2. The molecule has 1 aliphatic rings. The van der Waals surface area contributed by atoms with Crippen LogP contribution in [0.5, 0.6) is 0 Å². The van der Waals surface area contributed by atoms with E-state index in [0.717, 1.165) is 28.8 Å². The lowest BCUT2D eigenvalue weighted by Crippen LogP contribution is -2.50. The largest absolute Gasteiger partial charge is 0.444 e. The zero-order valence-corrected chi connectivity index (χ0v) is 16.2. The third kappa shape index (κ3) is 4.88. The number of carbonyl (C=O) groups excluding carboxylic acids is 1. The molecule has 0 atom stereocenters. The van der Waals surface area contributed by atoms with E-state index >= 15 is 0 Å². The predicted molar refractivity (Wildman–Crippen MR) is 103 cm³/mol. The molecule has 0 unspecified atom stereocenters. The van der Waals surface area contributed by atoms with Crippen molar-refractivity contribution in [1.29, 1.82) is 0 Å². The normalized spacial score (nSPS) is 15.0. The smallest absolute Gasteiger partial charge is 0.410 e. The number of benzene rings is 1. The SMILES string of the molecule is CC(C)(C)OC(=O)N1CCN(c2ccccc2Sc2ncccn2)CC1. The van der Waals surface area contributed by atoms with Gasteiger partial charge in [0.2, 0.25) is 0 Å². The van der Waals surface area contributed by atoms with Gasteiger partial charge >= 0.3 is 6.09 Å². The van der Waals surface area contributed by atoms with Gasteiger partial charge in [-0.3, -0.25) is 0 Å². The van der Waals surface area contributed by atoms with Gasteiger partial charge in [-0.05, 0) is 50.7 Å². The minimum absolute atomic E-state index is 0.238. The van der Waals surface area contributed by atoms with Gasteiger partial charge in [0.05, 0.1) is 5.69 Å². The molecule has 7 heteroatoms. The van der Waals surface area contributed by atoms with E-state index in [-0.39, 0.29) is 6.09 Å². The average molecular weight is 372 g/mol. The second-order valence-electron chi connectivity index (χ2n) is 7.06. The summed E-state index contributed by atoms with van der Waals surface area (Å²) in [5, 5.41) is 0.729. The molecule has 1 amide bonds. The fourth-order valence-corrected chi connectivity index (χ4v) is 3.57. The van der Waals surface area contributed by atoms with Gasteiger partial charge in [0, 0.05) is 43.5 Å². The molecule has 1 aromatic heterocycles. The summed E-state index contributed by atoms with van der Waals surface area (Å²) < 4.78 is 5.47. The van der Waals surface area contributed by atoms with Crippen molar-refractivity contribution in [1.82, 2.24) is 14.9 Å². The first-order chi connectivity index (χ1) is 12.4. The molecule has 3 rings (SSSR count). The van der Waals surface area contributed by atoms with E-state index in [1.165, 1.54) is 0 Å². The van der Waals surface area contributed by atoms with Gasteiger partial charge in [0.15, 0.2) is 5.16 Å². The molecule has 1 aromatic carbocycles. The summed E-state index contributed by atoms with van der Waals surface area (Å²) in [6.45, 7) is 8.51. The molecule has 0 saturated carbocycles. The van der Waals surface area contributed by atoms with Crippen LogP contribution in [0.25, 0.3) is 0 Å². The maximum absolute atomic E-state index is 12.2. The summed E-state index contributed by atoms with van der Waals surface area (Å²) in [7, 11) is 0. The van der Waals surface area contributed by atoms with Crippen molar-refractivity contribution in [3.63, 3.8) is 0 Å². The van der Waals surface area contributed by atoms with E-state index in [4.69, 9.17) is 4.74 Å². The monoisotopic (exact) mass is 372 g/mol. The van der Waals surface area contributed by atoms with Crippen LogP contribution in [0, 0.1) is 0 Å². The lowest BCUT2D eigenvalue weighted by molar-refractivity contribution is 0.0240. The number of para-hydroxylation sites is 1. The number of amides is 1. The molecule has 138 valence electrons. The van der Waals surface area contributed by atoms with E-state index in [9.17, 15) is 4.79 Å². The predicted octanol–water partition coefficient (Wildman–Crippen LogP) is 3.68. The van der Waals surface area contributed by atoms with Crippen LogP contribution in [0.2, 0.25) is 0 Å². The molecule has 1 saturated heterocycles. The summed E-state index contributed by atoms with van der Waals surface area (Å²) in [6, 6.07) is 10.0. The van der Waals surface area contributed by atoms with Crippen LogP contribution >= 0.6 is 11.8 Å². The molecule has 2 aromatic rings. The number of nitrogens with zero attached hydrogens (tertiary/aromatic N) is 4. The first-order valence-corrected chi connectivity index (χ1v) is 9.51. The second-order valence-corrected chi connectivity index (χ2v) is 8.06. The summed E-state index contributed by atoms with van der Waals surface area (Å²) >= 11 is 1.55. The number of carbonyl (C=O) groups is 1. The van der Waals surface area contributed by atoms with Crippen molar-refractivity contribution in [3.05, 3.63) is 42.7 Å². The van der Waals surface area contributed by atoms with Gasteiger partial charge in [-0.25, -0.2) is 14.8 Å². The maximum Gasteiger partial charge on any atom is 0.410 e. The molecule has 0 spiro atoms. The lowest BCUT2D eigenvalue weighted by Gasteiger charge is -2.37. The summed E-state index contributed by atoms with van der Waals surface area (Å²) in [6.07, 6.45) is 3.26. The van der Waals surface area contributed by atoms with Gasteiger partial charge in [0.25, 0.3) is 0 Å². The Morgan fingerprint density at radius 2 is 1.69 bits per heavy atom. The Bertz CT molecular complexity index is 741. The van der Waals surface area contributed by atoms with Gasteiger partial charge in [-0.2, -0.15) is 0 Å². The highest BCUT2D eigenvalue weighted by Crippen LogP contribution is 2.33. The Labute approximate surface area is 158 Å². The van der Waals surface area contributed by atoms with Crippen LogP contribution in [0.1, 0.15) is 20.8 Å². The fraction of sp³-hybridized carbons (Fsp3) is 0.421. The van der Waals surface area contributed by atoms with Crippen LogP contribution in [-0.4, -0.2) is 52.7 Å². The fourth-order valence-electron chi connectivity index (χ4n) is 2.70. The molecule has 0 radical (unpaired) electrons. The van der Waals surface area contributed by atoms with Gasteiger partial charge in [-0.1, -0.05) is 12.1 Å². The Balaban J connectivity index is 1.66. The van der Waals surface area contributed by atoms with E-state index in [0.29, 0.717) is 13.1 Å². The Kier molecular flexibility index (Phi) is 5.66. The number of hydrogen-bond acceptors (Lipinski definition) is 6. The minimum Gasteiger partial charge on any atom is -0.444 e. The molecular formula is C19H24N4O2S. The molecule has 0 aliphatic carbocycles. The number of aromatic nitrogens is 2. The molecule has 0 N–H and O–H groups in total. The Hall–Kier alpha value is -2.28. The van der Waals surface area contributed by atoms with Crippen LogP contribution in [0.15, 0.2) is 52.8 Å². The third-order valence-electron chi connectivity index (χ3n) is 3.88. The molecular weight excluding hydrogens is 348 g/mol. The van der Waals surface area contributed by atoms with Crippen molar-refractivity contribution in [2.45, 2.75) is 36.4 Å². The van der Waals surface area contributed by atoms with Gasteiger partial charge in [-0.15, -0.1) is 0 Å². The highest BCUT2D eigenvalue weighted by Gasteiger charge is 2.26. The molecule has 6 nitrogen and oxygen atoms in total. The molecule has 0 bridgehead atoms. The van der Waals surface area contributed by atoms with E-state index in [2.05, 4.69) is 27.0 Å². The topological polar surface area (TPSA) is 58.6 Å². The number of piperazine rings is 1. The first-order valence-electron chi connectivity index (χ1n) is 8.69. The van der Waals surface area contributed by atoms with Gasteiger partial charge in [0.1, 0.15) is 5.60 Å².